The zero-order valence-electron chi connectivity index (χ0n) is 9.70. The predicted octanol–water partition coefficient (Wildman–Crippen LogP) is 2.43. The van der Waals surface area contributed by atoms with Gasteiger partial charge in [-0.3, -0.25) is 9.59 Å². The van der Waals surface area contributed by atoms with E-state index in [1.165, 1.54) is 16.2 Å². The SMILES string of the molecule is O=C1[C@@H]2[C@@H]3C[C@H]([C@H](Br)[C@@H]3Br)[C@@H]2C(=O)N1c1nccs1. The first-order valence-electron chi connectivity index (χ1n) is 6.16. The van der Waals surface area contributed by atoms with Crippen molar-refractivity contribution in [1.82, 2.24) is 4.98 Å². The number of amides is 2. The van der Waals surface area contributed by atoms with Crippen LogP contribution in [-0.4, -0.2) is 26.5 Å². The van der Waals surface area contributed by atoms with Crippen LogP contribution < -0.4 is 4.90 Å². The molecule has 2 amide bonds. The maximum absolute atomic E-state index is 12.6. The van der Waals surface area contributed by atoms with Crippen LogP contribution in [-0.2, 0) is 9.59 Å². The highest BCUT2D eigenvalue weighted by Gasteiger charge is 2.66. The number of carbonyl (C=O) groups is 2. The van der Waals surface area contributed by atoms with Crippen molar-refractivity contribution in [3.8, 4) is 0 Å². The molecule has 6 atom stereocenters. The van der Waals surface area contributed by atoms with Crippen LogP contribution in [0.1, 0.15) is 6.42 Å². The number of carbonyl (C=O) groups excluding carboxylic acids is 2. The van der Waals surface area contributed by atoms with E-state index in [9.17, 15) is 9.59 Å². The van der Waals surface area contributed by atoms with Crippen LogP contribution in [0.5, 0.6) is 0 Å². The molecule has 0 unspecified atom stereocenters. The lowest BCUT2D eigenvalue weighted by molar-refractivity contribution is -0.123. The van der Waals surface area contributed by atoms with Crippen molar-refractivity contribution in [1.29, 1.82) is 0 Å². The van der Waals surface area contributed by atoms with Crippen LogP contribution in [0.2, 0.25) is 0 Å². The van der Waals surface area contributed by atoms with Gasteiger partial charge in [-0.05, 0) is 18.3 Å². The smallest absolute Gasteiger partial charge is 0.239 e. The quantitative estimate of drug-likeness (QED) is 0.532. The van der Waals surface area contributed by atoms with Gasteiger partial charge in [0.2, 0.25) is 11.8 Å². The zero-order valence-corrected chi connectivity index (χ0v) is 13.7. The molecule has 0 radical (unpaired) electrons. The van der Waals surface area contributed by atoms with Gasteiger partial charge in [0.15, 0.2) is 5.13 Å². The fourth-order valence-electron chi connectivity index (χ4n) is 3.86. The molecule has 3 aliphatic rings. The van der Waals surface area contributed by atoms with Gasteiger partial charge in [0.25, 0.3) is 0 Å². The summed E-state index contributed by atoms with van der Waals surface area (Å²) in [6, 6.07) is 0. The second-order valence-electron chi connectivity index (χ2n) is 5.33. The fourth-order valence-corrected chi connectivity index (χ4v) is 6.39. The summed E-state index contributed by atoms with van der Waals surface area (Å²) in [6.45, 7) is 0. The summed E-state index contributed by atoms with van der Waals surface area (Å²) in [5.74, 6) is 0.114. The Morgan fingerprint density at radius 1 is 1.16 bits per heavy atom. The summed E-state index contributed by atoms with van der Waals surface area (Å²) >= 11 is 8.68. The molecule has 7 heteroatoms. The van der Waals surface area contributed by atoms with Gasteiger partial charge in [-0.15, -0.1) is 11.3 Å². The first-order chi connectivity index (χ1) is 9.11. The Balaban J connectivity index is 1.76. The Bertz CT molecular complexity index is 532. The lowest BCUT2D eigenvalue weighted by atomic mass is 9.81. The van der Waals surface area contributed by atoms with Gasteiger partial charge in [-0.25, -0.2) is 9.88 Å². The second kappa shape index (κ2) is 4.11. The molecule has 0 aromatic carbocycles. The summed E-state index contributed by atoms with van der Waals surface area (Å²) in [5, 5.41) is 2.31. The number of hydrogen-bond donors (Lipinski definition) is 0. The molecule has 100 valence electrons. The fraction of sp³-hybridized carbons (Fsp3) is 0.583. The Labute approximate surface area is 130 Å². The number of thiazole rings is 1. The molecule has 1 saturated heterocycles. The highest BCUT2D eigenvalue weighted by atomic mass is 79.9. The molecular weight excluding hydrogens is 396 g/mol. The molecule has 4 rings (SSSR count). The Hall–Kier alpha value is -0.270. The second-order valence-corrected chi connectivity index (χ2v) is 8.32. The van der Waals surface area contributed by atoms with Gasteiger partial charge in [0.1, 0.15) is 0 Å². The Morgan fingerprint density at radius 3 is 2.21 bits per heavy atom. The van der Waals surface area contributed by atoms with Gasteiger partial charge < -0.3 is 0 Å². The molecule has 19 heavy (non-hydrogen) atoms. The van der Waals surface area contributed by atoms with Crippen LogP contribution in [0.25, 0.3) is 0 Å². The third-order valence-electron chi connectivity index (χ3n) is 4.60. The molecule has 1 aromatic heterocycles. The summed E-state index contributed by atoms with van der Waals surface area (Å²) in [6.07, 6.45) is 2.59. The highest BCUT2D eigenvalue weighted by molar-refractivity contribution is 9.12. The number of nitrogens with zero attached hydrogens (tertiary/aromatic N) is 2. The van der Waals surface area contributed by atoms with Gasteiger partial charge in [0, 0.05) is 21.2 Å². The van der Waals surface area contributed by atoms with E-state index < -0.39 is 0 Å². The molecule has 3 fully saturated rings. The summed E-state index contributed by atoms with van der Waals surface area (Å²) in [7, 11) is 0. The number of imide groups is 1. The maximum atomic E-state index is 12.6. The number of fused-ring (bicyclic) bond motifs is 5. The minimum Gasteiger partial charge on any atom is -0.274 e. The highest BCUT2D eigenvalue weighted by Crippen LogP contribution is 2.60. The molecule has 0 spiro atoms. The van der Waals surface area contributed by atoms with E-state index in [0.29, 0.717) is 5.13 Å². The molecule has 2 heterocycles. The standard InChI is InChI=1S/C12H10Br2N2O2S/c13-8-4-3-5(9(8)14)7-6(4)10(17)16(11(7)18)12-15-1-2-19-12/h1-2,4-9H,3H2/t4-,5-,6-,7+,8-,9+/m0/s1. The normalized spacial score (nSPS) is 44.2. The number of anilines is 1. The molecule has 2 bridgehead atoms. The van der Waals surface area contributed by atoms with E-state index in [0.717, 1.165) is 6.42 Å². The molecule has 2 aliphatic carbocycles. The average Bonchev–Trinajstić information content (AvgIpc) is 3.10. The lowest BCUT2D eigenvalue weighted by Gasteiger charge is -2.28. The van der Waals surface area contributed by atoms with Gasteiger partial charge >= 0.3 is 0 Å². The van der Waals surface area contributed by atoms with Crippen LogP contribution in [0.3, 0.4) is 0 Å². The van der Waals surface area contributed by atoms with Gasteiger partial charge in [0.05, 0.1) is 11.8 Å². The third-order valence-corrected chi connectivity index (χ3v) is 8.56. The topological polar surface area (TPSA) is 50.3 Å². The summed E-state index contributed by atoms with van der Waals surface area (Å²) in [4.78, 5) is 31.1. The van der Waals surface area contributed by atoms with Gasteiger partial charge in [-0.2, -0.15) is 0 Å². The molecular formula is C12H10Br2N2O2S. The molecule has 1 aliphatic heterocycles. The third kappa shape index (κ3) is 1.46. The van der Waals surface area contributed by atoms with Crippen LogP contribution in [0, 0.1) is 23.7 Å². The number of alkyl halides is 2. The number of aromatic nitrogens is 1. The van der Waals surface area contributed by atoms with Crippen molar-refractivity contribution in [3.05, 3.63) is 11.6 Å². The zero-order chi connectivity index (χ0) is 13.3. The van der Waals surface area contributed by atoms with E-state index in [1.54, 1.807) is 11.6 Å². The van der Waals surface area contributed by atoms with E-state index in [2.05, 4.69) is 36.8 Å². The van der Waals surface area contributed by atoms with E-state index >= 15 is 0 Å². The van der Waals surface area contributed by atoms with Crippen LogP contribution >= 0.6 is 43.2 Å². The molecule has 4 nitrogen and oxygen atoms in total. The minimum absolute atomic E-state index is 0.0544. The number of halogens is 2. The monoisotopic (exact) mass is 404 g/mol. The number of hydrogen-bond acceptors (Lipinski definition) is 4. The molecule has 1 aromatic rings. The van der Waals surface area contributed by atoms with Crippen LogP contribution in [0.4, 0.5) is 5.13 Å². The summed E-state index contributed by atoms with van der Waals surface area (Å²) in [5.41, 5.74) is 0. The van der Waals surface area contributed by atoms with E-state index in [1.807, 2.05) is 0 Å². The molecule has 0 N–H and O–H groups in total. The van der Waals surface area contributed by atoms with Crippen molar-refractivity contribution in [2.75, 3.05) is 4.90 Å². The Morgan fingerprint density at radius 2 is 1.74 bits per heavy atom. The molecule has 2 saturated carbocycles. The minimum atomic E-state index is -0.153. The number of rotatable bonds is 1. The van der Waals surface area contributed by atoms with Gasteiger partial charge in [-0.1, -0.05) is 31.9 Å². The average molecular weight is 406 g/mol. The first kappa shape index (κ1) is 12.5. The Kier molecular flexibility index (Phi) is 2.70. The van der Waals surface area contributed by atoms with Crippen molar-refractivity contribution < 1.29 is 9.59 Å². The van der Waals surface area contributed by atoms with E-state index in [-0.39, 0.29) is 45.1 Å². The van der Waals surface area contributed by atoms with Crippen molar-refractivity contribution in [2.24, 2.45) is 23.7 Å². The van der Waals surface area contributed by atoms with Crippen molar-refractivity contribution in [2.45, 2.75) is 16.1 Å². The van der Waals surface area contributed by atoms with Crippen LogP contribution in [0.15, 0.2) is 11.6 Å². The first-order valence-corrected chi connectivity index (χ1v) is 8.88. The predicted molar refractivity (Wildman–Crippen MR) is 78.6 cm³/mol. The lowest BCUT2D eigenvalue weighted by Crippen LogP contribution is -2.37. The maximum Gasteiger partial charge on any atom is 0.239 e. The largest absolute Gasteiger partial charge is 0.274 e. The van der Waals surface area contributed by atoms with Crippen molar-refractivity contribution >= 4 is 60.1 Å². The summed E-state index contributed by atoms with van der Waals surface area (Å²) < 4.78 is 0. The van der Waals surface area contributed by atoms with E-state index in [4.69, 9.17) is 0 Å². The van der Waals surface area contributed by atoms with Crippen molar-refractivity contribution in [3.63, 3.8) is 0 Å².